The lowest BCUT2D eigenvalue weighted by molar-refractivity contribution is 0.249. The first-order valence-corrected chi connectivity index (χ1v) is 13.0. The van der Waals surface area contributed by atoms with Crippen molar-refractivity contribution in [3.05, 3.63) is 121 Å². The van der Waals surface area contributed by atoms with Crippen molar-refractivity contribution in [3.63, 3.8) is 0 Å². The Kier molecular flexibility index (Phi) is 9.36. The Balaban J connectivity index is 0.000000238. The van der Waals surface area contributed by atoms with Gasteiger partial charge in [0.25, 0.3) is 11.1 Å². The van der Waals surface area contributed by atoms with Gasteiger partial charge in [0.05, 0.1) is 21.8 Å². The molecular formula is C29H31ClN6O4. The van der Waals surface area contributed by atoms with E-state index in [0.29, 0.717) is 28.4 Å². The Morgan fingerprint density at radius 3 is 1.93 bits per heavy atom. The van der Waals surface area contributed by atoms with E-state index in [0.717, 1.165) is 39.1 Å². The van der Waals surface area contributed by atoms with Gasteiger partial charge in [-0.05, 0) is 49.4 Å². The molecule has 3 heterocycles. The molecule has 2 aromatic heterocycles. The van der Waals surface area contributed by atoms with Gasteiger partial charge >= 0.3 is 11.4 Å². The number of rotatable bonds is 5. The van der Waals surface area contributed by atoms with Crippen LogP contribution in [-0.4, -0.2) is 57.1 Å². The smallest absolute Gasteiger partial charge is 0.328 e. The van der Waals surface area contributed by atoms with Crippen LogP contribution in [-0.2, 0) is 6.54 Å². The molecular weight excluding hydrogens is 532 g/mol. The van der Waals surface area contributed by atoms with Crippen molar-refractivity contribution in [1.82, 2.24) is 24.4 Å². The summed E-state index contributed by atoms with van der Waals surface area (Å²) in [5, 5.41) is 1.06. The molecule has 0 saturated carbocycles. The highest BCUT2D eigenvalue weighted by Gasteiger charge is 2.17. The molecule has 1 aliphatic rings. The van der Waals surface area contributed by atoms with Crippen LogP contribution < -0.4 is 27.4 Å². The number of hydrogen-bond donors (Lipinski definition) is 3. The topological polar surface area (TPSA) is 127 Å². The third-order valence-corrected chi connectivity index (χ3v) is 6.89. The van der Waals surface area contributed by atoms with Crippen molar-refractivity contribution in [3.8, 4) is 0 Å². The molecule has 3 aromatic carbocycles. The highest BCUT2D eigenvalue weighted by atomic mass is 35.5. The van der Waals surface area contributed by atoms with Crippen LogP contribution in [0.4, 0.5) is 5.69 Å². The van der Waals surface area contributed by atoms with Crippen molar-refractivity contribution in [2.45, 2.75) is 13.0 Å². The predicted octanol–water partition coefficient (Wildman–Crippen LogP) is 2.54. The lowest BCUT2D eigenvalue weighted by Gasteiger charge is -2.36. The van der Waals surface area contributed by atoms with Crippen molar-refractivity contribution in [1.29, 1.82) is 0 Å². The lowest BCUT2D eigenvalue weighted by Crippen LogP contribution is -2.47. The average molecular weight is 563 g/mol. The van der Waals surface area contributed by atoms with Gasteiger partial charge in [0.2, 0.25) is 0 Å². The minimum absolute atomic E-state index is 0. The Bertz CT molecular complexity index is 1800. The summed E-state index contributed by atoms with van der Waals surface area (Å²) in [5.41, 5.74) is 1.07. The van der Waals surface area contributed by atoms with Gasteiger partial charge in [-0.15, -0.1) is 12.4 Å². The van der Waals surface area contributed by atoms with Crippen molar-refractivity contribution in [2.75, 3.05) is 37.6 Å². The van der Waals surface area contributed by atoms with Crippen LogP contribution >= 0.6 is 12.4 Å². The molecule has 208 valence electrons. The van der Waals surface area contributed by atoms with Crippen molar-refractivity contribution >= 4 is 39.9 Å². The van der Waals surface area contributed by atoms with Crippen molar-refractivity contribution < 1.29 is 0 Å². The van der Waals surface area contributed by atoms with E-state index >= 15 is 0 Å². The fraction of sp³-hybridized carbons (Fsp3) is 0.241. The summed E-state index contributed by atoms with van der Waals surface area (Å²) in [6, 6.07) is 24.5. The van der Waals surface area contributed by atoms with E-state index in [4.69, 9.17) is 0 Å². The van der Waals surface area contributed by atoms with Gasteiger partial charge in [0.1, 0.15) is 0 Å². The van der Waals surface area contributed by atoms with Crippen molar-refractivity contribution in [2.24, 2.45) is 0 Å². The monoisotopic (exact) mass is 562 g/mol. The number of H-pyrrole nitrogens is 3. The number of hydrogen-bond acceptors (Lipinski definition) is 6. The quantitative estimate of drug-likeness (QED) is 0.302. The maximum atomic E-state index is 12.6. The number of halogens is 1. The number of benzene rings is 3. The summed E-state index contributed by atoms with van der Waals surface area (Å²) < 4.78 is 1.32. The second kappa shape index (κ2) is 13.1. The summed E-state index contributed by atoms with van der Waals surface area (Å²) in [4.78, 5) is 59.0. The highest BCUT2D eigenvalue weighted by Crippen LogP contribution is 2.15. The van der Waals surface area contributed by atoms with E-state index in [-0.39, 0.29) is 29.2 Å². The van der Waals surface area contributed by atoms with Gasteiger partial charge in [-0.3, -0.25) is 24.0 Å². The van der Waals surface area contributed by atoms with Crippen LogP contribution in [0.15, 0.2) is 98.0 Å². The van der Waals surface area contributed by atoms with E-state index in [1.54, 1.807) is 36.4 Å². The number of nitrogens with zero attached hydrogens (tertiary/aromatic N) is 3. The molecule has 1 fully saturated rings. The molecule has 11 heteroatoms. The molecule has 1 aliphatic heterocycles. The normalized spacial score (nSPS) is 13.4. The Morgan fingerprint density at radius 2 is 1.23 bits per heavy atom. The minimum Gasteiger partial charge on any atom is -0.369 e. The molecule has 1 saturated heterocycles. The van der Waals surface area contributed by atoms with E-state index < -0.39 is 5.69 Å². The largest absolute Gasteiger partial charge is 0.369 e. The van der Waals surface area contributed by atoms with Crippen LogP contribution in [0.25, 0.3) is 21.8 Å². The zero-order chi connectivity index (χ0) is 27.2. The molecule has 10 nitrogen and oxygen atoms in total. The Morgan fingerprint density at radius 1 is 0.625 bits per heavy atom. The van der Waals surface area contributed by atoms with Gasteiger partial charge in [-0.1, -0.05) is 42.5 Å². The molecule has 0 bridgehead atoms. The number of aromatic amines is 3. The Hall–Kier alpha value is -4.41. The highest BCUT2D eigenvalue weighted by molar-refractivity contribution is 5.85. The first-order chi connectivity index (χ1) is 19.0. The first-order valence-electron chi connectivity index (χ1n) is 13.0. The van der Waals surface area contributed by atoms with Crippen LogP contribution in [0.1, 0.15) is 6.42 Å². The number of fused-ring (bicyclic) bond motifs is 2. The maximum Gasteiger partial charge on any atom is 0.328 e. The second-order valence-corrected chi connectivity index (χ2v) is 9.40. The van der Waals surface area contributed by atoms with Gasteiger partial charge in [-0.25, -0.2) is 9.59 Å². The standard InChI is InChI=1S/C21H24N4O2.C8H6N2O2.ClH/c26-20-18-9-4-5-10-19(18)22-21(27)25(20)12-6-11-23-13-15-24(16-14-23)17-7-2-1-3-8-17;11-7-5-3-1-2-4-6(5)9-8(12)10-7;/h1-5,7-10H,6,11-16H2,(H,22,27);1-4H,(H2,9,10,11,12);1H. The third-order valence-electron chi connectivity index (χ3n) is 6.89. The number of nitrogens with one attached hydrogen (secondary N) is 3. The summed E-state index contributed by atoms with van der Waals surface area (Å²) in [5.74, 6) is 0. The summed E-state index contributed by atoms with van der Waals surface area (Å²) >= 11 is 0. The van der Waals surface area contributed by atoms with E-state index in [1.165, 1.54) is 10.3 Å². The molecule has 5 aromatic rings. The van der Waals surface area contributed by atoms with E-state index in [2.05, 4.69) is 49.0 Å². The zero-order valence-corrected chi connectivity index (χ0v) is 22.7. The lowest BCUT2D eigenvalue weighted by atomic mass is 10.2. The Labute approximate surface area is 235 Å². The van der Waals surface area contributed by atoms with E-state index in [9.17, 15) is 19.2 Å². The van der Waals surface area contributed by atoms with Crippen LogP contribution in [0.5, 0.6) is 0 Å². The SMILES string of the molecule is Cl.O=c1[nH]c(=O)c2ccccc2[nH]1.O=c1[nH]c2ccccc2c(=O)n1CCCN1CCN(c2ccccc2)CC1. The molecule has 0 atom stereocenters. The summed E-state index contributed by atoms with van der Waals surface area (Å²) in [6.07, 6.45) is 0.784. The molecule has 3 N–H and O–H groups in total. The van der Waals surface area contributed by atoms with Gasteiger partial charge in [0.15, 0.2) is 0 Å². The molecule has 0 aliphatic carbocycles. The zero-order valence-electron chi connectivity index (χ0n) is 21.8. The minimum atomic E-state index is -0.473. The van der Waals surface area contributed by atoms with Gasteiger partial charge < -0.3 is 14.9 Å². The molecule has 0 amide bonds. The van der Waals surface area contributed by atoms with E-state index in [1.807, 2.05) is 18.2 Å². The second-order valence-electron chi connectivity index (χ2n) is 9.40. The summed E-state index contributed by atoms with van der Waals surface area (Å²) in [7, 11) is 0. The molecule has 0 unspecified atom stereocenters. The predicted molar refractivity (Wildman–Crippen MR) is 161 cm³/mol. The van der Waals surface area contributed by atoms with Crippen LogP contribution in [0.3, 0.4) is 0 Å². The molecule has 40 heavy (non-hydrogen) atoms. The number of piperazine rings is 1. The van der Waals surface area contributed by atoms with Gasteiger partial charge in [0, 0.05) is 38.4 Å². The average Bonchev–Trinajstić information content (AvgIpc) is 2.96. The van der Waals surface area contributed by atoms with Crippen LogP contribution in [0.2, 0.25) is 0 Å². The molecule has 0 radical (unpaired) electrons. The number of anilines is 1. The fourth-order valence-corrected chi connectivity index (χ4v) is 4.84. The molecule has 6 rings (SSSR count). The number of aromatic nitrogens is 4. The fourth-order valence-electron chi connectivity index (χ4n) is 4.84. The van der Waals surface area contributed by atoms with Crippen LogP contribution in [0, 0.1) is 0 Å². The summed E-state index contributed by atoms with van der Waals surface area (Å²) in [6.45, 7) is 5.33. The number of para-hydroxylation sites is 3. The molecule has 0 spiro atoms. The first kappa shape index (κ1) is 28.6. The third kappa shape index (κ3) is 6.59. The van der Waals surface area contributed by atoms with Gasteiger partial charge in [-0.2, -0.15) is 0 Å². The maximum absolute atomic E-state index is 12.6.